The fourth-order valence-corrected chi connectivity index (χ4v) is 2.61. The second-order valence-corrected chi connectivity index (χ2v) is 5.27. The molecule has 4 nitrogen and oxygen atoms in total. The molecule has 2 saturated heterocycles. The highest BCUT2D eigenvalue weighted by atomic mass is 16.9. The van der Waals surface area contributed by atoms with Crippen LogP contribution in [0.4, 0.5) is 0 Å². The third-order valence-electron chi connectivity index (χ3n) is 3.87. The van der Waals surface area contributed by atoms with Crippen LogP contribution in [-0.2, 0) is 9.47 Å². The largest absolute Gasteiger partial charge is 0.323 e. The number of rotatable bonds is 4. The van der Waals surface area contributed by atoms with E-state index in [1.54, 1.807) is 0 Å². The van der Waals surface area contributed by atoms with Crippen molar-refractivity contribution >= 4 is 0 Å². The quantitative estimate of drug-likeness (QED) is 0.751. The van der Waals surface area contributed by atoms with Crippen LogP contribution in [0.5, 0.6) is 0 Å². The maximum atomic E-state index is 9.10. The lowest BCUT2D eigenvalue weighted by Gasteiger charge is -2.37. The zero-order valence-electron chi connectivity index (χ0n) is 10.8. The minimum atomic E-state index is -0.277. The van der Waals surface area contributed by atoms with Crippen molar-refractivity contribution in [2.75, 3.05) is 20.1 Å². The Bertz CT molecular complexity index is 276. The predicted octanol–water partition coefficient (Wildman–Crippen LogP) is 1.97. The van der Waals surface area contributed by atoms with Crippen molar-refractivity contribution < 1.29 is 9.47 Å². The summed E-state index contributed by atoms with van der Waals surface area (Å²) in [5.41, 5.74) is 0. The van der Waals surface area contributed by atoms with Crippen LogP contribution in [0.2, 0.25) is 0 Å². The van der Waals surface area contributed by atoms with Crippen molar-refractivity contribution in [1.82, 2.24) is 4.90 Å². The van der Waals surface area contributed by atoms with Crippen molar-refractivity contribution in [3.05, 3.63) is 0 Å². The number of nitriles is 1. The monoisotopic (exact) mass is 238 g/mol. The molecule has 2 rings (SSSR count). The molecule has 0 aromatic carbocycles. The van der Waals surface area contributed by atoms with E-state index in [-0.39, 0.29) is 18.5 Å². The molecule has 2 fully saturated rings. The topological polar surface area (TPSA) is 45.5 Å². The highest BCUT2D eigenvalue weighted by molar-refractivity contribution is 4.88. The minimum Gasteiger partial charge on any atom is -0.323 e. The zero-order valence-corrected chi connectivity index (χ0v) is 10.8. The molecule has 0 saturated carbocycles. The van der Waals surface area contributed by atoms with Gasteiger partial charge in [-0.2, -0.15) is 5.26 Å². The molecule has 0 N–H and O–H groups in total. The van der Waals surface area contributed by atoms with Crippen LogP contribution in [0.25, 0.3) is 0 Å². The van der Waals surface area contributed by atoms with Crippen LogP contribution >= 0.6 is 0 Å². The maximum Gasteiger partial charge on any atom is 0.179 e. The number of hydrogen-bond acceptors (Lipinski definition) is 4. The van der Waals surface area contributed by atoms with E-state index >= 15 is 0 Å². The third kappa shape index (κ3) is 3.41. The summed E-state index contributed by atoms with van der Waals surface area (Å²) in [6, 6.07) is 2.31. The van der Waals surface area contributed by atoms with Gasteiger partial charge in [0.25, 0.3) is 0 Å². The minimum absolute atomic E-state index is 0.0918. The van der Waals surface area contributed by atoms with Gasteiger partial charge in [0.15, 0.2) is 12.6 Å². The summed E-state index contributed by atoms with van der Waals surface area (Å²) in [6.07, 6.45) is 4.15. The predicted molar refractivity (Wildman–Crippen MR) is 64.0 cm³/mol. The molecule has 0 bridgehead atoms. The molecular formula is C13H22N2O2. The second kappa shape index (κ2) is 5.81. The Morgan fingerprint density at radius 3 is 2.53 bits per heavy atom. The highest BCUT2D eigenvalue weighted by Gasteiger charge is 2.34. The molecule has 0 aromatic rings. The van der Waals surface area contributed by atoms with Crippen LogP contribution in [0, 0.1) is 23.2 Å². The molecule has 2 heterocycles. The average Bonchev–Trinajstić information content (AvgIpc) is 2.29. The second-order valence-electron chi connectivity index (χ2n) is 5.27. The standard InChI is InChI=1S/C13H22N2O2/c1-10-16-13(17-10)12(9-14)4-3-11-5-7-15(2)8-6-11/h10-13H,3-8H2,1-2H3. The molecule has 0 spiro atoms. The Balaban J connectivity index is 1.68. The summed E-state index contributed by atoms with van der Waals surface area (Å²) in [7, 11) is 2.17. The summed E-state index contributed by atoms with van der Waals surface area (Å²) in [5, 5.41) is 9.10. The maximum absolute atomic E-state index is 9.10. The van der Waals surface area contributed by atoms with E-state index in [0.29, 0.717) is 0 Å². The first-order valence-corrected chi connectivity index (χ1v) is 6.58. The Morgan fingerprint density at radius 2 is 2.00 bits per heavy atom. The lowest BCUT2D eigenvalue weighted by Crippen LogP contribution is -2.43. The fraction of sp³-hybridized carbons (Fsp3) is 0.923. The Morgan fingerprint density at radius 1 is 1.35 bits per heavy atom. The number of hydrogen-bond donors (Lipinski definition) is 0. The number of piperidine rings is 1. The molecule has 2 aliphatic rings. The Kier molecular flexibility index (Phi) is 4.38. The lowest BCUT2D eigenvalue weighted by atomic mass is 9.89. The summed E-state index contributed by atoms with van der Waals surface area (Å²) in [4.78, 5) is 2.37. The van der Waals surface area contributed by atoms with Crippen molar-refractivity contribution in [1.29, 1.82) is 5.26 Å². The van der Waals surface area contributed by atoms with E-state index in [1.807, 2.05) is 6.92 Å². The number of ether oxygens (including phenoxy) is 2. The van der Waals surface area contributed by atoms with Gasteiger partial charge in [0.05, 0.1) is 12.0 Å². The molecule has 96 valence electrons. The van der Waals surface area contributed by atoms with Gasteiger partial charge in [-0.25, -0.2) is 0 Å². The van der Waals surface area contributed by atoms with Gasteiger partial charge in [-0.1, -0.05) is 0 Å². The van der Waals surface area contributed by atoms with E-state index in [4.69, 9.17) is 14.7 Å². The van der Waals surface area contributed by atoms with Gasteiger partial charge in [0.2, 0.25) is 0 Å². The van der Waals surface area contributed by atoms with Crippen LogP contribution in [0.3, 0.4) is 0 Å². The van der Waals surface area contributed by atoms with Gasteiger partial charge in [-0.05, 0) is 58.7 Å². The van der Waals surface area contributed by atoms with E-state index < -0.39 is 0 Å². The average molecular weight is 238 g/mol. The molecule has 0 amide bonds. The number of nitrogens with zero attached hydrogens (tertiary/aromatic N) is 2. The molecule has 0 radical (unpaired) electrons. The van der Waals surface area contributed by atoms with Crippen molar-refractivity contribution in [3.63, 3.8) is 0 Å². The molecule has 17 heavy (non-hydrogen) atoms. The van der Waals surface area contributed by atoms with Crippen LogP contribution in [0.15, 0.2) is 0 Å². The first-order valence-electron chi connectivity index (χ1n) is 6.58. The van der Waals surface area contributed by atoms with Crippen LogP contribution < -0.4 is 0 Å². The third-order valence-corrected chi connectivity index (χ3v) is 3.87. The Labute approximate surface area is 103 Å². The first kappa shape index (κ1) is 12.8. The summed E-state index contributed by atoms with van der Waals surface area (Å²) in [5.74, 6) is 0.686. The molecule has 1 unspecified atom stereocenters. The van der Waals surface area contributed by atoms with E-state index in [0.717, 1.165) is 18.8 Å². The normalized spacial score (nSPS) is 32.8. The smallest absolute Gasteiger partial charge is 0.179 e. The van der Waals surface area contributed by atoms with Crippen molar-refractivity contribution in [2.24, 2.45) is 11.8 Å². The van der Waals surface area contributed by atoms with Gasteiger partial charge < -0.3 is 14.4 Å². The van der Waals surface area contributed by atoms with Gasteiger partial charge >= 0.3 is 0 Å². The zero-order chi connectivity index (χ0) is 12.3. The molecule has 1 atom stereocenters. The fourth-order valence-electron chi connectivity index (χ4n) is 2.61. The molecule has 0 aliphatic carbocycles. The van der Waals surface area contributed by atoms with E-state index in [9.17, 15) is 0 Å². The highest BCUT2D eigenvalue weighted by Crippen LogP contribution is 2.29. The van der Waals surface area contributed by atoms with Gasteiger partial charge in [-0.3, -0.25) is 0 Å². The van der Waals surface area contributed by atoms with Gasteiger partial charge in [0, 0.05) is 0 Å². The van der Waals surface area contributed by atoms with Gasteiger partial charge in [0.1, 0.15) is 0 Å². The molecule has 4 heteroatoms. The first-order chi connectivity index (χ1) is 8.19. The molecule has 0 aromatic heterocycles. The lowest BCUT2D eigenvalue weighted by molar-refractivity contribution is -0.387. The summed E-state index contributed by atoms with van der Waals surface area (Å²) >= 11 is 0. The number of likely N-dealkylation sites (tertiary alicyclic amines) is 1. The van der Waals surface area contributed by atoms with Crippen molar-refractivity contribution in [2.45, 2.75) is 45.2 Å². The summed E-state index contributed by atoms with van der Waals surface area (Å²) in [6.45, 7) is 4.24. The van der Waals surface area contributed by atoms with E-state index in [2.05, 4.69) is 18.0 Å². The summed E-state index contributed by atoms with van der Waals surface area (Å²) < 4.78 is 10.8. The SMILES string of the molecule is CC1OC(C(C#N)CCC2CCN(C)CC2)O1. The van der Waals surface area contributed by atoms with Crippen LogP contribution in [0.1, 0.15) is 32.6 Å². The van der Waals surface area contributed by atoms with Gasteiger partial charge in [-0.15, -0.1) is 0 Å². The molecular weight excluding hydrogens is 216 g/mol. The Hall–Kier alpha value is -0.630. The molecule has 2 aliphatic heterocycles. The van der Waals surface area contributed by atoms with Crippen molar-refractivity contribution in [3.8, 4) is 6.07 Å². The van der Waals surface area contributed by atoms with Crippen LogP contribution in [-0.4, -0.2) is 37.6 Å². The van der Waals surface area contributed by atoms with E-state index in [1.165, 1.54) is 25.9 Å².